The number of amides is 2. The lowest BCUT2D eigenvalue weighted by Crippen LogP contribution is -2.25. The fraction of sp³-hybridized carbons (Fsp3) is 0.321. The van der Waals surface area contributed by atoms with Gasteiger partial charge in [0.25, 0.3) is 5.91 Å². The van der Waals surface area contributed by atoms with Gasteiger partial charge in [-0.1, -0.05) is 30.0 Å². The Balaban J connectivity index is 1.36. The Bertz CT molecular complexity index is 1540. The quantitative estimate of drug-likeness (QED) is 0.186. The molecule has 5 rings (SSSR count). The average Bonchev–Trinajstić information content (AvgIpc) is 3.72. The van der Waals surface area contributed by atoms with Crippen LogP contribution in [0, 0.1) is 6.92 Å². The van der Waals surface area contributed by atoms with Gasteiger partial charge in [-0.2, -0.15) is 0 Å². The third kappa shape index (κ3) is 5.98. The van der Waals surface area contributed by atoms with Gasteiger partial charge < -0.3 is 15.4 Å². The Morgan fingerprint density at radius 1 is 1.18 bits per heavy atom. The fourth-order valence-electron chi connectivity index (χ4n) is 4.51. The van der Waals surface area contributed by atoms with Crippen LogP contribution in [0.25, 0.3) is 5.69 Å². The highest BCUT2D eigenvalue weighted by molar-refractivity contribution is 8.00. The van der Waals surface area contributed by atoms with Gasteiger partial charge in [-0.3, -0.25) is 14.2 Å². The number of anilines is 1. The van der Waals surface area contributed by atoms with Crippen molar-refractivity contribution in [3.05, 3.63) is 74.0 Å². The summed E-state index contributed by atoms with van der Waals surface area (Å²) in [5, 5.41) is 17.0. The first kappa shape index (κ1) is 28.1. The molecule has 0 spiro atoms. The Morgan fingerprint density at radius 3 is 2.77 bits per heavy atom. The maximum atomic E-state index is 13.3. The number of thioether (sulfide) groups is 1. The number of rotatable bonds is 10. The van der Waals surface area contributed by atoms with E-state index in [2.05, 4.69) is 20.8 Å². The van der Waals surface area contributed by atoms with Crippen LogP contribution in [0.1, 0.15) is 62.1 Å². The molecule has 1 aliphatic carbocycles. The lowest BCUT2D eigenvalue weighted by Gasteiger charge is -2.15. The predicted octanol–water partition coefficient (Wildman–Crippen LogP) is 5.41. The fourth-order valence-corrected chi connectivity index (χ4v) is 7.32. The van der Waals surface area contributed by atoms with Crippen molar-refractivity contribution in [3.8, 4) is 5.69 Å². The van der Waals surface area contributed by atoms with Crippen molar-refractivity contribution in [3.63, 3.8) is 0 Å². The van der Waals surface area contributed by atoms with Gasteiger partial charge in [0, 0.05) is 10.6 Å². The predicted molar refractivity (Wildman–Crippen MR) is 158 cm³/mol. The molecule has 9 nitrogen and oxygen atoms in total. The third-order valence-electron chi connectivity index (χ3n) is 6.40. The number of fused-ring (bicyclic) bond motifs is 1. The zero-order chi connectivity index (χ0) is 28.2. The monoisotopic (exact) mass is 595 g/mol. The van der Waals surface area contributed by atoms with Gasteiger partial charge in [0.2, 0.25) is 5.91 Å². The van der Waals surface area contributed by atoms with E-state index in [1.165, 1.54) is 34.4 Å². The van der Waals surface area contributed by atoms with E-state index in [9.17, 15) is 14.4 Å². The minimum Gasteiger partial charge on any atom is -0.462 e. The molecule has 3 aromatic heterocycles. The summed E-state index contributed by atoms with van der Waals surface area (Å²) in [4.78, 5) is 40.4. The molecule has 1 unspecified atom stereocenters. The molecule has 3 heterocycles. The van der Waals surface area contributed by atoms with Gasteiger partial charge in [-0.05, 0) is 74.7 Å². The summed E-state index contributed by atoms with van der Waals surface area (Å²) in [7, 11) is 0. The van der Waals surface area contributed by atoms with Crippen LogP contribution in [0.4, 0.5) is 5.00 Å². The van der Waals surface area contributed by atoms with Crippen molar-refractivity contribution >= 4 is 57.2 Å². The van der Waals surface area contributed by atoms with Crippen molar-refractivity contribution in [1.82, 2.24) is 20.1 Å². The van der Waals surface area contributed by atoms with Crippen molar-refractivity contribution in [2.45, 2.75) is 57.0 Å². The molecule has 0 bridgehead atoms. The SMILES string of the molecule is CCOC(=O)c1c(NC(=O)C(C)Sc2nnc(CNC(=O)c3cccs3)n2-c2cccc(C)c2)sc2c1CCC2. The van der Waals surface area contributed by atoms with E-state index in [-0.39, 0.29) is 25.0 Å². The smallest absolute Gasteiger partial charge is 0.341 e. The number of aromatic nitrogens is 3. The van der Waals surface area contributed by atoms with E-state index >= 15 is 0 Å². The molecular weight excluding hydrogens is 567 g/mol. The summed E-state index contributed by atoms with van der Waals surface area (Å²) in [6.45, 7) is 6.00. The van der Waals surface area contributed by atoms with Crippen LogP contribution in [0.5, 0.6) is 0 Å². The number of esters is 1. The minimum atomic E-state index is -0.548. The molecule has 208 valence electrons. The highest BCUT2D eigenvalue weighted by atomic mass is 32.2. The molecule has 4 aromatic rings. The molecule has 40 heavy (non-hydrogen) atoms. The van der Waals surface area contributed by atoms with Crippen molar-refractivity contribution < 1.29 is 19.1 Å². The number of aryl methyl sites for hydroxylation is 2. The van der Waals surface area contributed by atoms with Gasteiger partial charge >= 0.3 is 5.97 Å². The molecule has 1 atom stereocenters. The number of hydrogen-bond acceptors (Lipinski definition) is 9. The molecule has 0 saturated carbocycles. The maximum absolute atomic E-state index is 13.3. The summed E-state index contributed by atoms with van der Waals surface area (Å²) in [5.74, 6) is -0.284. The highest BCUT2D eigenvalue weighted by Gasteiger charge is 2.30. The second-order valence-corrected chi connectivity index (χ2v) is 12.6. The van der Waals surface area contributed by atoms with Gasteiger partial charge in [0.1, 0.15) is 5.00 Å². The first-order valence-corrected chi connectivity index (χ1v) is 15.6. The summed E-state index contributed by atoms with van der Waals surface area (Å²) >= 11 is 4.08. The van der Waals surface area contributed by atoms with Crippen LogP contribution < -0.4 is 10.6 Å². The molecule has 0 radical (unpaired) electrons. The zero-order valence-corrected chi connectivity index (χ0v) is 24.8. The van der Waals surface area contributed by atoms with Gasteiger partial charge in [0.05, 0.1) is 28.8 Å². The number of ether oxygens (including phenoxy) is 1. The molecular formula is C28H29N5O4S3. The zero-order valence-electron chi connectivity index (χ0n) is 22.4. The lowest BCUT2D eigenvalue weighted by molar-refractivity contribution is -0.115. The average molecular weight is 596 g/mol. The van der Waals surface area contributed by atoms with E-state index < -0.39 is 11.2 Å². The number of nitrogens with zero attached hydrogens (tertiary/aromatic N) is 3. The summed E-state index contributed by atoms with van der Waals surface area (Å²) in [6.07, 6.45) is 2.71. The Morgan fingerprint density at radius 2 is 2.02 bits per heavy atom. The van der Waals surface area contributed by atoms with E-state index in [0.29, 0.717) is 26.4 Å². The second-order valence-electron chi connectivity index (χ2n) is 9.26. The highest BCUT2D eigenvalue weighted by Crippen LogP contribution is 2.40. The Kier molecular flexibility index (Phi) is 8.67. The standard InChI is InChI=1S/C28H29N5O4S3/c1-4-37-27(36)23-19-10-6-11-20(19)40-26(23)30-24(34)17(3)39-28-32-31-22(15-29-25(35)21-12-7-13-38-21)33(28)18-9-5-8-16(2)14-18/h5,7-9,12-14,17H,4,6,10-11,15H2,1-3H3,(H,29,35)(H,30,34). The minimum absolute atomic E-state index is 0.169. The molecule has 1 aromatic carbocycles. The number of carbonyl (C=O) groups excluding carboxylic acids is 3. The molecule has 12 heteroatoms. The van der Waals surface area contributed by atoms with Crippen molar-refractivity contribution in [2.24, 2.45) is 0 Å². The van der Waals surface area contributed by atoms with E-state index in [0.717, 1.165) is 41.0 Å². The first-order chi connectivity index (χ1) is 19.4. The van der Waals surface area contributed by atoms with Crippen LogP contribution >= 0.6 is 34.4 Å². The van der Waals surface area contributed by atoms with Crippen LogP contribution in [-0.2, 0) is 28.9 Å². The number of benzene rings is 1. The largest absolute Gasteiger partial charge is 0.462 e. The first-order valence-electron chi connectivity index (χ1n) is 13.0. The van der Waals surface area contributed by atoms with Gasteiger partial charge in [-0.15, -0.1) is 32.9 Å². The van der Waals surface area contributed by atoms with Crippen LogP contribution in [0.15, 0.2) is 46.9 Å². The molecule has 2 amide bonds. The van der Waals surface area contributed by atoms with E-state index in [4.69, 9.17) is 4.74 Å². The lowest BCUT2D eigenvalue weighted by atomic mass is 10.1. The van der Waals surface area contributed by atoms with Crippen molar-refractivity contribution in [1.29, 1.82) is 0 Å². The van der Waals surface area contributed by atoms with Gasteiger partial charge in [0.15, 0.2) is 11.0 Å². The Hall–Kier alpha value is -3.48. The number of nitrogens with one attached hydrogen (secondary N) is 2. The van der Waals surface area contributed by atoms with Gasteiger partial charge in [-0.25, -0.2) is 4.79 Å². The maximum Gasteiger partial charge on any atom is 0.341 e. The molecule has 0 saturated heterocycles. The molecule has 0 fully saturated rings. The third-order valence-corrected chi connectivity index (χ3v) is 9.52. The number of carbonyl (C=O) groups is 3. The summed E-state index contributed by atoms with van der Waals surface area (Å²) in [6, 6.07) is 11.5. The second kappa shape index (κ2) is 12.4. The van der Waals surface area contributed by atoms with Crippen LogP contribution in [-0.4, -0.2) is 44.4 Å². The Labute approximate surface area is 244 Å². The van der Waals surface area contributed by atoms with Crippen LogP contribution in [0.3, 0.4) is 0 Å². The van der Waals surface area contributed by atoms with Crippen LogP contribution in [0.2, 0.25) is 0 Å². The summed E-state index contributed by atoms with van der Waals surface area (Å²) in [5.41, 5.74) is 3.36. The number of thiophene rings is 2. The van der Waals surface area contributed by atoms with E-state index in [1.54, 1.807) is 19.9 Å². The topological polar surface area (TPSA) is 115 Å². The van der Waals surface area contributed by atoms with E-state index in [1.807, 2.05) is 47.2 Å². The number of hydrogen-bond donors (Lipinski definition) is 2. The normalized spacial score (nSPS) is 13.1. The summed E-state index contributed by atoms with van der Waals surface area (Å²) < 4.78 is 7.15. The molecule has 2 N–H and O–H groups in total. The van der Waals surface area contributed by atoms with Crippen molar-refractivity contribution in [2.75, 3.05) is 11.9 Å². The molecule has 0 aliphatic heterocycles. The molecule has 1 aliphatic rings.